The first-order valence-corrected chi connectivity index (χ1v) is 7.32. The minimum Gasteiger partial charge on any atom is -0.495 e. The molecule has 9 heteroatoms. The van der Waals surface area contributed by atoms with Crippen molar-refractivity contribution < 1.29 is 24.0 Å². The van der Waals surface area contributed by atoms with E-state index in [0.717, 1.165) is 6.07 Å². The summed E-state index contributed by atoms with van der Waals surface area (Å²) >= 11 is 5.87. The molecule has 0 saturated carbocycles. The van der Waals surface area contributed by atoms with Gasteiger partial charge in [-0.25, -0.2) is 0 Å². The highest BCUT2D eigenvalue weighted by Gasteiger charge is 2.17. The predicted molar refractivity (Wildman–Crippen MR) is 90.6 cm³/mol. The summed E-state index contributed by atoms with van der Waals surface area (Å²) in [7, 11) is 1.44. The number of amides is 1. The smallest absolute Gasteiger partial charge is 0.311 e. The van der Waals surface area contributed by atoms with Crippen molar-refractivity contribution in [1.29, 1.82) is 0 Å². The molecule has 0 aliphatic rings. The van der Waals surface area contributed by atoms with Crippen LogP contribution >= 0.6 is 11.6 Å². The summed E-state index contributed by atoms with van der Waals surface area (Å²) in [5.41, 5.74) is 0.0688. The Bertz CT molecular complexity index is 824. The number of nitrogens with zero attached hydrogens (tertiary/aromatic N) is 1. The molecule has 0 aliphatic heterocycles. The number of nitro groups is 1. The Balaban J connectivity index is 2.09. The van der Waals surface area contributed by atoms with E-state index in [-0.39, 0.29) is 11.3 Å². The van der Waals surface area contributed by atoms with E-state index in [1.165, 1.54) is 25.3 Å². The molecule has 0 unspecified atom stereocenters. The van der Waals surface area contributed by atoms with Crippen molar-refractivity contribution in [2.75, 3.05) is 19.0 Å². The molecule has 1 amide bonds. The van der Waals surface area contributed by atoms with Gasteiger partial charge in [-0.05, 0) is 30.3 Å². The number of benzene rings is 2. The van der Waals surface area contributed by atoms with Gasteiger partial charge >= 0.3 is 5.69 Å². The van der Waals surface area contributed by atoms with E-state index < -0.39 is 23.1 Å². The lowest BCUT2D eigenvalue weighted by Crippen LogP contribution is -2.20. The Kier molecular flexibility index (Phi) is 5.91. The second-order valence-corrected chi connectivity index (χ2v) is 5.22. The zero-order valence-electron chi connectivity index (χ0n) is 13.0. The number of carbonyl (C=O) groups excluding carboxylic acids is 2. The third kappa shape index (κ3) is 4.67. The molecule has 0 spiro atoms. The standard InChI is InChI=1S/C16H13ClN2O6/c1-24-14-5-3-11(17)7-12(14)18-16(21)9-25-15-4-2-10(8-20)6-13(15)19(22)23/h2-8H,9H2,1H3,(H,18,21). The number of anilines is 1. The number of nitrogens with one attached hydrogen (secondary N) is 1. The summed E-state index contributed by atoms with van der Waals surface area (Å²) in [5.74, 6) is -0.280. The first-order valence-electron chi connectivity index (χ1n) is 6.94. The minimum absolute atomic E-state index is 0.121. The second kappa shape index (κ2) is 8.11. The number of methoxy groups -OCH3 is 1. The van der Waals surface area contributed by atoms with Crippen LogP contribution in [0.1, 0.15) is 10.4 Å². The molecule has 0 saturated heterocycles. The first kappa shape index (κ1) is 18.2. The molecule has 0 bridgehead atoms. The SMILES string of the molecule is COc1ccc(Cl)cc1NC(=O)COc1ccc(C=O)cc1[N+](=O)[O-]. The van der Waals surface area contributed by atoms with Crippen molar-refractivity contribution >= 4 is 35.2 Å². The van der Waals surface area contributed by atoms with Crippen molar-refractivity contribution in [2.24, 2.45) is 0 Å². The fourth-order valence-electron chi connectivity index (χ4n) is 1.98. The molecule has 8 nitrogen and oxygen atoms in total. The Morgan fingerprint density at radius 2 is 2.00 bits per heavy atom. The topological polar surface area (TPSA) is 108 Å². The molecular formula is C16H13ClN2O6. The van der Waals surface area contributed by atoms with E-state index in [4.69, 9.17) is 21.1 Å². The first-order chi connectivity index (χ1) is 11.9. The Morgan fingerprint density at radius 3 is 2.64 bits per heavy atom. The van der Waals surface area contributed by atoms with Crippen molar-refractivity contribution in [1.82, 2.24) is 0 Å². The maximum atomic E-state index is 12.0. The molecule has 2 aromatic rings. The monoisotopic (exact) mass is 364 g/mol. The predicted octanol–water partition coefficient (Wildman–Crippen LogP) is 3.09. The Hall–Kier alpha value is -3.13. The van der Waals surface area contributed by atoms with E-state index in [2.05, 4.69) is 5.32 Å². The van der Waals surface area contributed by atoms with Crippen LogP contribution in [0.5, 0.6) is 11.5 Å². The van der Waals surface area contributed by atoms with Crippen molar-refractivity contribution in [3.8, 4) is 11.5 Å². The number of aldehydes is 1. The summed E-state index contributed by atoms with van der Waals surface area (Å²) in [6, 6.07) is 8.37. The maximum Gasteiger partial charge on any atom is 0.311 e. The van der Waals surface area contributed by atoms with Gasteiger partial charge in [0.25, 0.3) is 5.91 Å². The van der Waals surface area contributed by atoms with Crippen LogP contribution in [0.2, 0.25) is 5.02 Å². The molecule has 0 radical (unpaired) electrons. The summed E-state index contributed by atoms with van der Waals surface area (Å²) in [4.78, 5) is 33.0. The van der Waals surface area contributed by atoms with E-state index in [0.29, 0.717) is 22.7 Å². The van der Waals surface area contributed by atoms with Gasteiger partial charge < -0.3 is 14.8 Å². The molecule has 0 aromatic heterocycles. The fraction of sp³-hybridized carbons (Fsp3) is 0.125. The molecule has 0 atom stereocenters. The molecular weight excluding hydrogens is 352 g/mol. The lowest BCUT2D eigenvalue weighted by Gasteiger charge is -2.11. The van der Waals surface area contributed by atoms with E-state index in [1.807, 2.05) is 0 Å². The molecule has 1 N–H and O–H groups in total. The molecule has 25 heavy (non-hydrogen) atoms. The number of nitro benzene ring substituents is 1. The van der Waals surface area contributed by atoms with Crippen LogP contribution in [-0.2, 0) is 4.79 Å². The van der Waals surface area contributed by atoms with Crippen LogP contribution in [0.3, 0.4) is 0 Å². The summed E-state index contributed by atoms with van der Waals surface area (Å²) in [6.45, 7) is -0.475. The Morgan fingerprint density at radius 1 is 1.28 bits per heavy atom. The van der Waals surface area contributed by atoms with Crippen LogP contribution in [-0.4, -0.2) is 30.8 Å². The highest BCUT2D eigenvalue weighted by molar-refractivity contribution is 6.31. The van der Waals surface area contributed by atoms with E-state index >= 15 is 0 Å². The van der Waals surface area contributed by atoms with Gasteiger partial charge in [-0.15, -0.1) is 0 Å². The maximum absolute atomic E-state index is 12.0. The lowest BCUT2D eigenvalue weighted by atomic mass is 10.2. The highest BCUT2D eigenvalue weighted by Crippen LogP contribution is 2.29. The number of hydrogen-bond donors (Lipinski definition) is 1. The number of ether oxygens (including phenoxy) is 2. The molecule has 0 heterocycles. The molecule has 0 fully saturated rings. The quantitative estimate of drug-likeness (QED) is 0.459. The van der Waals surface area contributed by atoms with Gasteiger partial charge in [0.15, 0.2) is 12.4 Å². The molecule has 130 valence electrons. The van der Waals surface area contributed by atoms with Gasteiger partial charge in [-0.1, -0.05) is 11.6 Å². The number of carbonyl (C=O) groups is 2. The third-order valence-electron chi connectivity index (χ3n) is 3.11. The van der Waals surface area contributed by atoms with Crippen LogP contribution in [0.25, 0.3) is 0 Å². The summed E-state index contributed by atoms with van der Waals surface area (Å²) in [6.07, 6.45) is 0.481. The van der Waals surface area contributed by atoms with Gasteiger partial charge in [0.2, 0.25) is 0 Å². The number of hydrogen-bond acceptors (Lipinski definition) is 6. The van der Waals surface area contributed by atoms with Crippen LogP contribution < -0.4 is 14.8 Å². The average molecular weight is 365 g/mol. The average Bonchev–Trinajstić information content (AvgIpc) is 2.60. The van der Waals surface area contributed by atoms with Crippen molar-refractivity contribution in [3.63, 3.8) is 0 Å². The van der Waals surface area contributed by atoms with Crippen LogP contribution in [0.15, 0.2) is 36.4 Å². The van der Waals surface area contributed by atoms with E-state index in [9.17, 15) is 19.7 Å². The van der Waals surface area contributed by atoms with Gasteiger partial charge in [0.1, 0.15) is 12.0 Å². The zero-order valence-corrected chi connectivity index (χ0v) is 13.8. The minimum atomic E-state index is -0.694. The molecule has 2 aromatic carbocycles. The Labute approximate surface area is 147 Å². The van der Waals surface area contributed by atoms with Gasteiger partial charge in [0.05, 0.1) is 17.7 Å². The number of halogens is 1. The van der Waals surface area contributed by atoms with E-state index in [1.54, 1.807) is 12.1 Å². The fourth-order valence-corrected chi connectivity index (χ4v) is 2.15. The lowest BCUT2D eigenvalue weighted by molar-refractivity contribution is -0.385. The molecule has 2 rings (SSSR count). The van der Waals surface area contributed by atoms with Gasteiger partial charge in [-0.3, -0.25) is 19.7 Å². The normalized spacial score (nSPS) is 10.0. The van der Waals surface area contributed by atoms with Crippen molar-refractivity contribution in [3.05, 3.63) is 57.1 Å². The summed E-state index contributed by atoms with van der Waals surface area (Å²) < 4.78 is 10.3. The zero-order chi connectivity index (χ0) is 18.4. The van der Waals surface area contributed by atoms with Crippen LogP contribution in [0.4, 0.5) is 11.4 Å². The number of rotatable bonds is 7. The molecule has 0 aliphatic carbocycles. The third-order valence-corrected chi connectivity index (χ3v) is 3.35. The summed E-state index contributed by atoms with van der Waals surface area (Å²) in [5, 5.41) is 14.0. The largest absolute Gasteiger partial charge is 0.495 e. The van der Waals surface area contributed by atoms with Gasteiger partial charge in [-0.2, -0.15) is 0 Å². The second-order valence-electron chi connectivity index (χ2n) is 4.78. The highest BCUT2D eigenvalue weighted by atomic mass is 35.5. The van der Waals surface area contributed by atoms with Crippen molar-refractivity contribution in [2.45, 2.75) is 0 Å². The van der Waals surface area contributed by atoms with Gasteiger partial charge in [0, 0.05) is 16.7 Å². The van der Waals surface area contributed by atoms with Crippen LogP contribution in [0, 0.1) is 10.1 Å².